The van der Waals surface area contributed by atoms with E-state index >= 15 is 0 Å². The number of nitrogens with zero attached hydrogens (tertiary/aromatic N) is 10. The summed E-state index contributed by atoms with van der Waals surface area (Å²) in [6.45, 7) is 15.6. The summed E-state index contributed by atoms with van der Waals surface area (Å²) in [4.78, 5) is 56.1. The van der Waals surface area contributed by atoms with Crippen LogP contribution < -0.4 is 10.6 Å². The number of amides is 2. The van der Waals surface area contributed by atoms with E-state index in [0.29, 0.717) is 33.5 Å². The van der Waals surface area contributed by atoms with Crippen LogP contribution in [0.5, 0.6) is 0 Å². The van der Waals surface area contributed by atoms with Crippen LogP contribution in [0.3, 0.4) is 0 Å². The van der Waals surface area contributed by atoms with Crippen LogP contribution in [-0.2, 0) is 42.5 Å². The molecule has 0 aliphatic carbocycles. The molecule has 6 aromatic rings. The van der Waals surface area contributed by atoms with Gasteiger partial charge in [0.2, 0.25) is 6.54 Å². The largest absolute Gasteiger partial charge is 0.376 e. The quantitative estimate of drug-likeness (QED) is 0.0437. The van der Waals surface area contributed by atoms with E-state index in [9.17, 15) is 18.0 Å². The van der Waals surface area contributed by atoms with E-state index in [2.05, 4.69) is 49.5 Å². The second-order valence-corrected chi connectivity index (χ2v) is 20.7. The number of nitrogens with one attached hydrogen (secondary N) is 2. The first-order valence-corrected chi connectivity index (χ1v) is 25.7. The molecule has 0 saturated carbocycles. The molecule has 2 aliphatic heterocycles. The van der Waals surface area contributed by atoms with Crippen LogP contribution in [0.4, 0.5) is 11.6 Å². The minimum Gasteiger partial charge on any atom is -0.376 e. The van der Waals surface area contributed by atoms with Gasteiger partial charge in [-0.25, -0.2) is 44.9 Å². The van der Waals surface area contributed by atoms with Crippen LogP contribution in [0.15, 0.2) is 90.1 Å². The highest BCUT2D eigenvalue weighted by molar-refractivity contribution is 7.93. The topological polar surface area (TPSA) is 261 Å². The van der Waals surface area contributed by atoms with Gasteiger partial charge in [-0.2, -0.15) is 0 Å². The molecule has 2 aromatic carbocycles. The van der Waals surface area contributed by atoms with Crippen molar-refractivity contribution < 1.29 is 50.5 Å². The molecule has 23 nitrogen and oxygen atoms in total. The third kappa shape index (κ3) is 11.9. The van der Waals surface area contributed by atoms with Gasteiger partial charge in [0.25, 0.3) is 21.8 Å². The molecule has 5 unspecified atom stereocenters. The maximum Gasteiger partial charge on any atom is 0.371 e. The van der Waals surface area contributed by atoms with Crippen molar-refractivity contribution >= 4 is 63.5 Å². The summed E-state index contributed by atoms with van der Waals surface area (Å²) < 4.78 is 79.8. The van der Waals surface area contributed by atoms with Gasteiger partial charge in [0, 0.05) is 24.0 Å². The van der Waals surface area contributed by atoms with Crippen molar-refractivity contribution in [1.82, 2.24) is 39.0 Å². The van der Waals surface area contributed by atoms with Gasteiger partial charge in [0.05, 0.1) is 49.9 Å². The van der Waals surface area contributed by atoms with Crippen molar-refractivity contribution in [2.75, 3.05) is 42.8 Å². The van der Waals surface area contributed by atoms with Crippen molar-refractivity contribution in [2.24, 2.45) is 4.15 Å². The van der Waals surface area contributed by atoms with Gasteiger partial charge in [-0.05, 0) is 58.9 Å². The number of ether oxygens (including phenoxy) is 4. The van der Waals surface area contributed by atoms with Gasteiger partial charge in [-0.15, -0.1) is 4.15 Å². The number of carbonyl (C=O) groups is 2. The van der Waals surface area contributed by atoms with Crippen LogP contribution >= 0.6 is 7.74 Å². The Hall–Kier alpha value is -6.13. The van der Waals surface area contributed by atoms with Gasteiger partial charge >= 0.3 is 7.74 Å². The molecule has 0 radical (unpaired) electrons. The Bertz CT molecular complexity index is 2990. The first-order chi connectivity index (χ1) is 33.7. The minimum absolute atomic E-state index is 0.0131. The Morgan fingerprint density at radius 1 is 0.771 bits per heavy atom. The van der Waals surface area contributed by atoms with Crippen LogP contribution in [-0.4, -0.2) is 128 Å². The molecule has 2 amide bonds. The zero-order valence-corrected chi connectivity index (χ0v) is 40.7. The van der Waals surface area contributed by atoms with E-state index in [-0.39, 0.29) is 74.9 Å². The zero-order chi connectivity index (χ0) is 49.4. The van der Waals surface area contributed by atoms with Gasteiger partial charge in [0.15, 0.2) is 34.0 Å². The van der Waals surface area contributed by atoms with Crippen molar-refractivity contribution in [3.05, 3.63) is 109 Å². The number of sulfonamides is 1. The van der Waals surface area contributed by atoms with E-state index in [1.807, 2.05) is 33.8 Å². The Kier molecular flexibility index (Phi) is 16.0. The number of carbonyl (C=O) groups excluding carboxylic acids is 2. The lowest BCUT2D eigenvalue weighted by Crippen LogP contribution is -2.33. The van der Waals surface area contributed by atoms with E-state index in [0.717, 1.165) is 0 Å². The van der Waals surface area contributed by atoms with Gasteiger partial charge in [0.1, 0.15) is 50.0 Å². The highest BCUT2D eigenvalue weighted by Gasteiger charge is 2.46. The number of rotatable bonds is 21. The Balaban J connectivity index is 1.07. The lowest BCUT2D eigenvalue weighted by molar-refractivity contribution is -0.0807. The molecule has 6 heterocycles. The number of hydrogen-bond donors (Lipinski definition) is 2. The second-order valence-electron chi connectivity index (χ2n) is 16.6. The normalized spacial score (nSPS) is 21.3. The predicted molar refractivity (Wildman–Crippen MR) is 255 cm³/mol. The third-order valence-corrected chi connectivity index (χ3v) is 15.0. The summed E-state index contributed by atoms with van der Waals surface area (Å²) in [6, 6.07) is 17.3. The maximum absolute atomic E-state index is 13.6. The molecule has 0 spiro atoms. The second kappa shape index (κ2) is 22.3. The van der Waals surface area contributed by atoms with Crippen LogP contribution in [0, 0.1) is 6.57 Å². The van der Waals surface area contributed by atoms with E-state index in [1.54, 1.807) is 63.7 Å². The molecule has 7 atom stereocenters. The number of aromatic nitrogens is 8. The fourth-order valence-corrected chi connectivity index (χ4v) is 11.3. The average Bonchev–Trinajstić information content (AvgIpc) is 4.16. The Morgan fingerprint density at radius 2 is 1.30 bits per heavy atom. The zero-order valence-electron chi connectivity index (χ0n) is 39.0. The molecule has 25 heteroatoms. The fraction of sp³-hybridized carbons (Fsp3) is 0.444. The van der Waals surface area contributed by atoms with E-state index < -0.39 is 60.4 Å². The van der Waals surface area contributed by atoms with E-state index in [1.165, 1.54) is 32.2 Å². The van der Waals surface area contributed by atoms with Crippen molar-refractivity contribution in [1.29, 1.82) is 0 Å². The molecule has 2 aliphatic rings. The number of imidazole rings is 2. The van der Waals surface area contributed by atoms with Crippen LogP contribution in [0.25, 0.3) is 27.2 Å². The average molecular weight is 1000 g/mol. The standard InChI is InChI=1S/C45H53N12O11PS/c1-7-70(60,61)55-69(63-19-18-46-6,64-23-35-32(65-29(4)5)20-36(67-35)56-26-51-38-40(47-24-49-42(38)56)53-44(58)30-14-10-8-11-15-30)68-33-21-37(66-34(33)22-62-28(2)3)57-27-52-39-41(48-25-50-43(39)57)54-45(59)31-16-12-9-13-17-31/h8-17,24-29,32-37H,7,18-23H2,1-5H3,(H,47,49,53,58)(H,48,50,54,59)/t32-,33-,34?,35?,36?,37?,69?/m1/s1. The summed E-state index contributed by atoms with van der Waals surface area (Å²) in [5.74, 6) is -0.788. The van der Waals surface area contributed by atoms with Gasteiger partial charge in [-0.3, -0.25) is 32.3 Å². The SMILES string of the molecule is [C-]#[N+]CCOP(=NS(=O)(=O)CC)(OCC1OC(n2cnc3c(NC(=O)c4ccccc4)ncnc32)C[C@H]1OC(C)C)O[C@@H]1CC(n2cnc3c(NC(=O)c4ccccc4)ncnc32)OC1COC(C)C. The predicted octanol–water partition coefficient (Wildman–Crippen LogP) is 6.60. The molecular weight excluding hydrogens is 948 g/mol. The van der Waals surface area contributed by atoms with Crippen molar-refractivity contribution in [3.8, 4) is 0 Å². The fourth-order valence-electron chi connectivity index (χ4n) is 7.70. The molecule has 2 fully saturated rings. The Morgan fingerprint density at radius 3 is 1.80 bits per heavy atom. The molecule has 4 aromatic heterocycles. The smallest absolute Gasteiger partial charge is 0.371 e. The number of benzene rings is 2. The molecule has 8 rings (SSSR count). The summed E-state index contributed by atoms with van der Waals surface area (Å²) in [7, 11) is -8.58. The number of hydrogen-bond acceptors (Lipinski definition) is 17. The van der Waals surface area contributed by atoms with E-state index in [4.69, 9.17) is 39.1 Å². The molecular formula is C45H53N12O11PS. The minimum atomic E-state index is -4.34. The maximum atomic E-state index is 13.6. The van der Waals surface area contributed by atoms with Gasteiger partial charge < -0.3 is 34.4 Å². The van der Waals surface area contributed by atoms with Crippen LogP contribution in [0.2, 0.25) is 0 Å². The number of anilines is 2. The lowest BCUT2D eigenvalue weighted by Gasteiger charge is -2.29. The van der Waals surface area contributed by atoms with Crippen molar-refractivity contribution in [3.63, 3.8) is 0 Å². The molecule has 70 heavy (non-hydrogen) atoms. The molecule has 2 N–H and O–H groups in total. The first kappa shape index (κ1) is 50.3. The molecule has 370 valence electrons. The summed E-state index contributed by atoms with van der Waals surface area (Å²) >= 11 is 0. The third-order valence-electron chi connectivity index (χ3n) is 11.0. The monoisotopic (exact) mass is 1000 g/mol. The molecule has 0 bridgehead atoms. The van der Waals surface area contributed by atoms with Crippen molar-refractivity contribution in [2.45, 2.75) is 96.5 Å². The summed E-state index contributed by atoms with van der Waals surface area (Å²) in [5.41, 5.74) is 2.20. The summed E-state index contributed by atoms with van der Waals surface area (Å²) in [6.07, 6.45) is 0.743. The lowest BCUT2D eigenvalue weighted by atomic mass is 10.2. The Labute approximate surface area is 403 Å². The highest BCUT2D eigenvalue weighted by Crippen LogP contribution is 2.58. The van der Waals surface area contributed by atoms with Gasteiger partial charge in [-0.1, -0.05) is 36.4 Å². The highest BCUT2D eigenvalue weighted by atomic mass is 32.2. The molecule has 2 saturated heterocycles. The van der Waals surface area contributed by atoms with Crippen LogP contribution in [0.1, 0.15) is 80.6 Å². The number of fused-ring (bicyclic) bond motifs is 2. The first-order valence-electron chi connectivity index (χ1n) is 22.6. The summed E-state index contributed by atoms with van der Waals surface area (Å²) in [5, 5.41) is 5.62.